The van der Waals surface area contributed by atoms with E-state index in [1.807, 2.05) is 0 Å². The summed E-state index contributed by atoms with van der Waals surface area (Å²) in [5.41, 5.74) is 0. The summed E-state index contributed by atoms with van der Waals surface area (Å²) < 4.78 is 36.7. The molecule has 0 bridgehead atoms. The quantitative estimate of drug-likeness (QED) is 0.660. The SMILES string of the molecule is CCOC(CNS(=O)(=O)c1ccc(C(=O)O)s1)OCC. The Kier molecular flexibility index (Phi) is 6.56. The summed E-state index contributed by atoms with van der Waals surface area (Å²) >= 11 is 0.695. The molecule has 1 aromatic heterocycles. The molecule has 0 aliphatic heterocycles. The second-order valence-corrected chi connectivity index (χ2v) is 6.69. The minimum absolute atomic E-state index is 0.0310. The maximum absolute atomic E-state index is 12.0. The fraction of sp³-hybridized carbons (Fsp3) is 0.545. The van der Waals surface area contributed by atoms with Gasteiger partial charge in [0.1, 0.15) is 9.09 Å². The molecule has 1 heterocycles. The van der Waals surface area contributed by atoms with Gasteiger partial charge >= 0.3 is 5.97 Å². The van der Waals surface area contributed by atoms with Gasteiger partial charge in [0.15, 0.2) is 6.29 Å². The highest BCUT2D eigenvalue weighted by molar-refractivity contribution is 7.91. The van der Waals surface area contributed by atoms with Gasteiger partial charge in [-0.05, 0) is 26.0 Å². The molecule has 0 aromatic carbocycles. The molecule has 0 fully saturated rings. The number of hydrogen-bond acceptors (Lipinski definition) is 6. The fourth-order valence-electron chi connectivity index (χ4n) is 1.37. The molecule has 0 amide bonds. The van der Waals surface area contributed by atoms with Gasteiger partial charge in [-0.25, -0.2) is 17.9 Å². The van der Waals surface area contributed by atoms with Crippen LogP contribution in [0.25, 0.3) is 0 Å². The van der Waals surface area contributed by atoms with E-state index in [1.165, 1.54) is 12.1 Å². The van der Waals surface area contributed by atoms with Gasteiger partial charge in [-0.3, -0.25) is 0 Å². The summed E-state index contributed by atoms with van der Waals surface area (Å²) in [4.78, 5) is 10.7. The third-order valence-corrected chi connectivity index (χ3v) is 5.19. The molecule has 0 saturated heterocycles. The molecule has 1 aromatic rings. The normalized spacial score (nSPS) is 11.9. The van der Waals surface area contributed by atoms with Crippen LogP contribution < -0.4 is 4.72 Å². The Morgan fingerprint density at radius 2 is 1.95 bits per heavy atom. The van der Waals surface area contributed by atoms with E-state index in [-0.39, 0.29) is 15.6 Å². The monoisotopic (exact) mass is 323 g/mol. The van der Waals surface area contributed by atoms with E-state index in [0.717, 1.165) is 0 Å². The largest absolute Gasteiger partial charge is 0.477 e. The number of thiophene rings is 1. The smallest absolute Gasteiger partial charge is 0.345 e. The van der Waals surface area contributed by atoms with Crippen LogP contribution in [0.1, 0.15) is 23.5 Å². The third kappa shape index (κ3) is 4.84. The van der Waals surface area contributed by atoms with Crippen molar-refractivity contribution in [2.75, 3.05) is 19.8 Å². The Morgan fingerprint density at radius 1 is 1.35 bits per heavy atom. The van der Waals surface area contributed by atoms with E-state index < -0.39 is 22.3 Å². The standard InChI is InChI=1S/C11H17NO6S2/c1-3-17-9(18-4-2)7-12-20(15,16)10-6-5-8(19-10)11(13)14/h5-6,9,12H,3-4,7H2,1-2H3,(H,13,14). The van der Waals surface area contributed by atoms with Gasteiger partial charge in [0.25, 0.3) is 0 Å². The number of ether oxygens (including phenoxy) is 2. The first-order chi connectivity index (χ1) is 9.40. The second kappa shape index (κ2) is 7.70. The zero-order chi connectivity index (χ0) is 15.2. The van der Waals surface area contributed by atoms with Crippen LogP contribution in [0.3, 0.4) is 0 Å². The number of nitrogens with one attached hydrogen (secondary N) is 1. The highest BCUT2D eigenvalue weighted by atomic mass is 32.2. The van der Waals surface area contributed by atoms with Gasteiger partial charge in [0.05, 0.1) is 6.54 Å². The van der Waals surface area contributed by atoms with Crippen molar-refractivity contribution in [2.45, 2.75) is 24.3 Å². The number of rotatable bonds is 9. The average molecular weight is 323 g/mol. The minimum atomic E-state index is -3.76. The molecule has 9 heteroatoms. The number of carboxylic acid groups (broad SMARTS) is 1. The molecule has 0 aliphatic rings. The van der Waals surface area contributed by atoms with Crippen molar-refractivity contribution < 1.29 is 27.8 Å². The van der Waals surface area contributed by atoms with E-state index >= 15 is 0 Å². The molecule has 0 aliphatic carbocycles. The molecule has 0 radical (unpaired) electrons. The Hall–Kier alpha value is -1.00. The summed E-state index contributed by atoms with van der Waals surface area (Å²) in [6.45, 7) is 4.31. The van der Waals surface area contributed by atoms with Gasteiger partial charge in [-0.1, -0.05) is 0 Å². The molecule has 1 rings (SSSR count). The first-order valence-corrected chi connectivity index (χ1v) is 8.26. The van der Waals surface area contributed by atoms with Gasteiger partial charge in [-0.15, -0.1) is 11.3 Å². The van der Waals surface area contributed by atoms with Crippen LogP contribution in [-0.4, -0.2) is 45.5 Å². The zero-order valence-corrected chi connectivity index (χ0v) is 12.8. The van der Waals surface area contributed by atoms with E-state index in [1.54, 1.807) is 13.8 Å². The fourth-order valence-corrected chi connectivity index (χ4v) is 3.57. The van der Waals surface area contributed by atoms with Gasteiger partial charge < -0.3 is 14.6 Å². The number of aromatic carboxylic acids is 1. The number of carboxylic acids is 1. The van der Waals surface area contributed by atoms with Crippen LogP contribution >= 0.6 is 11.3 Å². The number of sulfonamides is 1. The molecule has 0 saturated carbocycles. The third-order valence-electron chi connectivity index (χ3n) is 2.20. The Labute approximate surface area is 121 Å². The first kappa shape index (κ1) is 17.1. The molecule has 2 N–H and O–H groups in total. The van der Waals surface area contributed by atoms with E-state index in [0.29, 0.717) is 24.6 Å². The van der Waals surface area contributed by atoms with Crippen LogP contribution in [0.4, 0.5) is 0 Å². The van der Waals surface area contributed by atoms with E-state index in [4.69, 9.17) is 14.6 Å². The van der Waals surface area contributed by atoms with Gasteiger partial charge in [-0.2, -0.15) is 0 Å². The van der Waals surface area contributed by atoms with Crippen LogP contribution in [0, 0.1) is 0 Å². The second-order valence-electron chi connectivity index (χ2n) is 3.62. The van der Waals surface area contributed by atoms with Crippen molar-refractivity contribution in [3.8, 4) is 0 Å². The topological polar surface area (TPSA) is 102 Å². The molecular weight excluding hydrogens is 306 g/mol. The Morgan fingerprint density at radius 3 is 2.40 bits per heavy atom. The summed E-state index contributed by atoms with van der Waals surface area (Å²) in [5.74, 6) is -1.15. The summed E-state index contributed by atoms with van der Waals surface area (Å²) in [6.07, 6.45) is -0.668. The number of hydrogen-bond donors (Lipinski definition) is 2. The lowest BCUT2D eigenvalue weighted by atomic mass is 10.5. The molecule has 0 unspecified atom stereocenters. The molecule has 0 spiro atoms. The first-order valence-electron chi connectivity index (χ1n) is 5.96. The Bertz CT molecular complexity index is 533. The lowest BCUT2D eigenvalue weighted by Crippen LogP contribution is -2.35. The van der Waals surface area contributed by atoms with Gasteiger partial charge in [0, 0.05) is 13.2 Å². The van der Waals surface area contributed by atoms with Crippen molar-refractivity contribution >= 4 is 27.3 Å². The van der Waals surface area contributed by atoms with E-state index in [2.05, 4.69) is 4.72 Å². The maximum Gasteiger partial charge on any atom is 0.345 e. The zero-order valence-electron chi connectivity index (χ0n) is 11.2. The van der Waals surface area contributed by atoms with Crippen LogP contribution in [-0.2, 0) is 19.5 Å². The molecule has 20 heavy (non-hydrogen) atoms. The van der Waals surface area contributed by atoms with Crippen molar-refractivity contribution in [3.05, 3.63) is 17.0 Å². The van der Waals surface area contributed by atoms with Crippen molar-refractivity contribution in [2.24, 2.45) is 0 Å². The van der Waals surface area contributed by atoms with Crippen molar-refractivity contribution in [3.63, 3.8) is 0 Å². The lowest BCUT2D eigenvalue weighted by molar-refractivity contribution is -0.130. The van der Waals surface area contributed by atoms with Crippen molar-refractivity contribution in [1.29, 1.82) is 0 Å². The molecule has 114 valence electrons. The molecular formula is C11H17NO6S2. The predicted molar refractivity (Wildman–Crippen MR) is 73.5 cm³/mol. The minimum Gasteiger partial charge on any atom is -0.477 e. The highest BCUT2D eigenvalue weighted by Crippen LogP contribution is 2.21. The average Bonchev–Trinajstić information content (AvgIpc) is 2.87. The maximum atomic E-state index is 12.0. The van der Waals surface area contributed by atoms with E-state index in [9.17, 15) is 13.2 Å². The summed E-state index contributed by atoms with van der Waals surface area (Å²) in [6, 6.07) is 2.51. The summed E-state index contributed by atoms with van der Waals surface area (Å²) in [5, 5.41) is 8.78. The summed E-state index contributed by atoms with van der Waals surface area (Å²) in [7, 11) is -3.76. The molecule has 0 atom stereocenters. The molecule has 7 nitrogen and oxygen atoms in total. The Balaban J connectivity index is 2.70. The van der Waals surface area contributed by atoms with Gasteiger partial charge in [0.2, 0.25) is 10.0 Å². The predicted octanol–water partition coefficient (Wildman–Crippen LogP) is 1.12. The van der Waals surface area contributed by atoms with Crippen LogP contribution in [0.15, 0.2) is 16.3 Å². The highest BCUT2D eigenvalue weighted by Gasteiger charge is 2.20. The lowest BCUT2D eigenvalue weighted by Gasteiger charge is -2.17. The number of carbonyl (C=O) groups is 1. The van der Waals surface area contributed by atoms with Crippen LogP contribution in [0.5, 0.6) is 0 Å². The van der Waals surface area contributed by atoms with Crippen molar-refractivity contribution in [1.82, 2.24) is 4.72 Å². The van der Waals surface area contributed by atoms with Crippen LogP contribution in [0.2, 0.25) is 0 Å².